The van der Waals surface area contributed by atoms with E-state index in [1.54, 1.807) is 13.0 Å². The van der Waals surface area contributed by atoms with Crippen LogP contribution in [0.3, 0.4) is 0 Å². The van der Waals surface area contributed by atoms with E-state index in [1.807, 2.05) is 0 Å². The summed E-state index contributed by atoms with van der Waals surface area (Å²) in [6.07, 6.45) is 0. The van der Waals surface area contributed by atoms with Gasteiger partial charge in [-0.25, -0.2) is 17.9 Å². The average molecular weight is 502 g/mol. The summed E-state index contributed by atoms with van der Waals surface area (Å²) in [6, 6.07) is 13.1. The van der Waals surface area contributed by atoms with E-state index in [4.69, 9.17) is 26.7 Å². The van der Waals surface area contributed by atoms with Gasteiger partial charge in [0, 0.05) is 16.3 Å². The molecule has 0 radical (unpaired) electrons. The van der Waals surface area contributed by atoms with Gasteiger partial charge in [0.25, 0.3) is 5.91 Å². The SMILES string of the molecule is Cc1cc(S(N)(=O)=O)ccc1NC(=O)COc1ccc(Cl)cc1C(=O)c1cc(F)cc(C#N)c1. The van der Waals surface area contributed by atoms with Gasteiger partial charge in [0.1, 0.15) is 11.6 Å². The molecule has 3 aromatic rings. The Morgan fingerprint density at radius 3 is 2.53 bits per heavy atom. The molecular weight excluding hydrogens is 485 g/mol. The Hall–Kier alpha value is -3.78. The lowest BCUT2D eigenvalue weighted by Crippen LogP contribution is -2.21. The van der Waals surface area contributed by atoms with E-state index in [1.165, 1.54) is 42.5 Å². The Morgan fingerprint density at radius 2 is 1.88 bits per heavy atom. The monoisotopic (exact) mass is 501 g/mol. The third-order valence-corrected chi connectivity index (χ3v) is 5.78. The minimum absolute atomic E-state index is 0.0219. The number of halogens is 2. The van der Waals surface area contributed by atoms with Crippen molar-refractivity contribution < 1.29 is 27.1 Å². The standard InChI is InChI=1S/C23H17ClFN3O5S/c1-13-6-18(34(27,31)32)3-4-20(13)28-22(29)12-33-21-5-2-16(24)10-19(21)23(30)15-7-14(11-26)8-17(25)9-15/h2-10H,12H2,1H3,(H,28,29)(H2,27,31,32). The molecule has 0 saturated heterocycles. The van der Waals surface area contributed by atoms with Gasteiger partial charge in [-0.3, -0.25) is 9.59 Å². The third-order valence-electron chi connectivity index (χ3n) is 4.63. The number of rotatable bonds is 7. The van der Waals surface area contributed by atoms with Gasteiger partial charge in [-0.2, -0.15) is 5.26 Å². The molecule has 0 saturated carbocycles. The number of ketones is 1. The number of sulfonamides is 1. The molecule has 11 heteroatoms. The Kier molecular flexibility index (Phi) is 7.32. The number of anilines is 1. The van der Waals surface area contributed by atoms with Gasteiger partial charge in [0.2, 0.25) is 10.0 Å². The lowest BCUT2D eigenvalue weighted by molar-refractivity contribution is -0.118. The lowest BCUT2D eigenvalue weighted by atomic mass is 10.0. The van der Waals surface area contributed by atoms with Crippen LogP contribution in [0.1, 0.15) is 27.0 Å². The van der Waals surface area contributed by atoms with Crippen LogP contribution < -0.4 is 15.2 Å². The minimum Gasteiger partial charge on any atom is -0.483 e. The van der Waals surface area contributed by atoms with Crippen molar-refractivity contribution in [1.82, 2.24) is 0 Å². The van der Waals surface area contributed by atoms with E-state index in [9.17, 15) is 22.4 Å². The molecule has 0 atom stereocenters. The zero-order valence-corrected chi connectivity index (χ0v) is 19.2. The van der Waals surface area contributed by atoms with Crippen molar-refractivity contribution in [2.75, 3.05) is 11.9 Å². The Balaban J connectivity index is 1.78. The third kappa shape index (κ3) is 5.96. The second-order valence-electron chi connectivity index (χ2n) is 7.17. The quantitative estimate of drug-likeness (QED) is 0.474. The van der Waals surface area contributed by atoms with Crippen LogP contribution in [0.15, 0.2) is 59.5 Å². The maximum absolute atomic E-state index is 13.8. The van der Waals surface area contributed by atoms with Crippen molar-refractivity contribution in [3.8, 4) is 11.8 Å². The Morgan fingerprint density at radius 1 is 1.15 bits per heavy atom. The molecule has 0 bridgehead atoms. The first-order valence-corrected chi connectivity index (χ1v) is 11.5. The molecule has 0 heterocycles. The first-order valence-electron chi connectivity index (χ1n) is 9.59. The highest BCUT2D eigenvalue weighted by Gasteiger charge is 2.18. The van der Waals surface area contributed by atoms with Gasteiger partial charge in [0.15, 0.2) is 12.4 Å². The topological polar surface area (TPSA) is 139 Å². The number of hydrogen-bond donors (Lipinski definition) is 2. The number of nitrogens with two attached hydrogens (primary N) is 1. The minimum atomic E-state index is -3.88. The fourth-order valence-electron chi connectivity index (χ4n) is 3.03. The number of hydrogen-bond acceptors (Lipinski definition) is 6. The van der Waals surface area contributed by atoms with Crippen molar-refractivity contribution in [3.63, 3.8) is 0 Å². The number of ether oxygens (including phenoxy) is 1. The molecule has 0 aliphatic rings. The van der Waals surface area contributed by atoms with E-state index < -0.39 is 34.1 Å². The van der Waals surface area contributed by atoms with Crippen LogP contribution >= 0.6 is 11.6 Å². The number of carbonyl (C=O) groups is 2. The van der Waals surface area contributed by atoms with Crippen LogP contribution in [0.5, 0.6) is 5.75 Å². The summed E-state index contributed by atoms with van der Waals surface area (Å²) in [5.41, 5.74) is 0.664. The van der Waals surface area contributed by atoms with Gasteiger partial charge in [-0.15, -0.1) is 0 Å². The van der Waals surface area contributed by atoms with Crippen LogP contribution in [0.4, 0.5) is 10.1 Å². The van der Waals surface area contributed by atoms with Crippen molar-refractivity contribution >= 4 is 39.0 Å². The molecular formula is C23H17ClFN3O5S. The summed E-state index contributed by atoms with van der Waals surface area (Å²) in [7, 11) is -3.88. The number of nitrogens with one attached hydrogen (secondary N) is 1. The number of primary sulfonamides is 1. The van der Waals surface area contributed by atoms with Crippen LogP contribution in [-0.2, 0) is 14.8 Å². The van der Waals surface area contributed by atoms with E-state index in [0.29, 0.717) is 11.3 Å². The van der Waals surface area contributed by atoms with Gasteiger partial charge in [-0.1, -0.05) is 11.6 Å². The molecule has 8 nitrogen and oxygen atoms in total. The van der Waals surface area contributed by atoms with E-state index in [-0.39, 0.29) is 32.4 Å². The summed E-state index contributed by atoms with van der Waals surface area (Å²) >= 11 is 6.01. The highest BCUT2D eigenvalue weighted by Crippen LogP contribution is 2.27. The fraction of sp³-hybridized carbons (Fsp3) is 0.0870. The van der Waals surface area contributed by atoms with E-state index in [2.05, 4.69) is 5.32 Å². The highest BCUT2D eigenvalue weighted by molar-refractivity contribution is 7.89. The number of nitriles is 1. The molecule has 0 aromatic heterocycles. The Labute approximate surface area is 199 Å². The van der Waals surface area contributed by atoms with Crippen LogP contribution in [0.25, 0.3) is 0 Å². The molecule has 0 aliphatic carbocycles. The molecule has 0 aliphatic heterocycles. The predicted octanol–water partition coefficient (Wildman–Crippen LogP) is 3.56. The van der Waals surface area contributed by atoms with Gasteiger partial charge in [-0.05, 0) is 67.1 Å². The summed E-state index contributed by atoms with van der Waals surface area (Å²) in [5.74, 6) is -1.97. The zero-order valence-electron chi connectivity index (χ0n) is 17.6. The number of aryl methyl sites for hydroxylation is 1. The van der Waals surface area contributed by atoms with Gasteiger partial charge in [0.05, 0.1) is 22.1 Å². The molecule has 3 aromatic carbocycles. The molecule has 0 unspecified atom stereocenters. The summed E-state index contributed by atoms with van der Waals surface area (Å²) in [5, 5.41) is 16.9. The van der Waals surface area contributed by atoms with Crippen LogP contribution in [0.2, 0.25) is 5.02 Å². The number of benzene rings is 3. The molecule has 3 rings (SSSR count). The predicted molar refractivity (Wildman–Crippen MR) is 123 cm³/mol. The van der Waals surface area contributed by atoms with E-state index >= 15 is 0 Å². The molecule has 0 spiro atoms. The maximum atomic E-state index is 13.8. The average Bonchev–Trinajstić information content (AvgIpc) is 2.77. The molecule has 0 fully saturated rings. The zero-order chi connectivity index (χ0) is 25.0. The van der Waals surface area contributed by atoms with Crippen LogP contribution in [0, 0.1) is 24.1 Å². The van der Waals surface area contributed by atoms with Crippen molar-refractivity contribution in [2.24, 2.45) is 5.14 Å². The van der Waals surface area contributed by atoms with E-state index in [0.717, 1.165) is 12.1 Å². The fourth-order valence-corrected chi connectivity index (χ4v) is 3.80. The highest BCUT2D eigenvalue weighted by atomic mass is 35.5. The molecule has 1 amide bonds. The summed E-state index contributed by atoms with van der Waals surface area (Å²) in [4.78, 5) is 25.3. The molecule has 3 N–H and O–H groups in total. The number of nitrogens with zero attached hydrogens (tertiary/aromatic N) is 1. The maximum Gasteiger partial charge on any atom is 0.262 e. The second kappa shape index (κ2) is 10.0. The lowest BCUT2D eigenvalue weighted by Gasteiger charge is -2.13. The Bertz CT molecular complexity index is 1450. The van der Waals surface area contributed by atoms with Crippen LogP contribution in [-0.4, -0.2) is 26.7 Å². The normalized spacial score (nSPS) is 10.9. The number of amides is 1. The first kappa shape index (κ1) is 24.9. The largest absolute Gasteiger partial charge is 0.483 e. The van der Waals surface area contributed by atoms with Crippen molar-refractivity contribution in [2.45, 2.75) is 11.8 Å². The molecule has 34 heavy (non-hydrogen) atoms. The summed E-state index contributed by atoms with van der Waals surface area (Å²) in [6.45, 7) is 1.10. The first-order chi connectivity index (χ1) is 16.0. The second-order valence-corrected chi connectivity index (χ2v) is 9.17. The van der Waals surface area contributed by atoms with Gasteiger partial charge < -0.3 is 10.1 Å². The van der Waals surface area contributed by atoms with Crippen molar-refractivity contribution in [1.29, 1.82) is 5.26 Å². The van der Waals surface area contributed by atoms with Gasteiger partial charge >= 0.3 is 0 Å². The summed E-state index contributed by atoms with van der Waals surface area (Å²) < 4.78 is 42.2. The number of carbonyl (C=O) groups excluding carboxylic acids is 2. The molecule has 174 valence electrons. The smallest absolute Gasteiger partial charge is 0.262 e. The van der Waals surface area contributed by atoms with Crippen molar-refractivity contribution in [3.05, 3.63) is 87.7 Å².